The molecule has 252 valence electrons. The fraction of sp³-hybridized carbons (Fsp3) is 0.611. The Bertz CT molecular complexity index is 1310. The zero-order chi connectivity index (χ0) is 34.0. The average Bonchev–Trinajstić information content (AvgIpc) is 3.65. The smallest absolute Gasteiger partial charge is 0.313 e. The Morgan fingerprint density at radius 3 is 2.41 bits per heavy atom. The molecule has 10 nitrogen and oxygen atoms in total. The zero-order valence-corrected chi connectivity index (χ0v) is 28.1. The summed E-state index contributed by atoms with van der Waals surface area (Å²) in [7, 11) is 0. The molecule has 0 unspecified atom stereocenters. The van der Waals surface area contributed by atoms with Gasteiger partial charge in [0.25, 0.3) is 0 Å². The Labute approximate surface area is 273 Å². The number of nitrogens with zero attached hydrogens (tertiary/aromatic N) is 2. The third-order valence-corrected chi connectivity index (χ3v) is 9.74. The predicted octanol–water partition coefficient (Wildman–Crippen LogP) is 3.95. The molecule has 0 aliphatic carbocycles. The Hall–Kier alpha value is -3.50. The first kappa shape index (κ1) is 35.4. The van der Waals surface area contributed by atoms with Gasteiger partial charge in [0.1, 0.15) is 17.7 Å². The van der Waals surface area contributed by atoms with E-state index in [2.05, 4.69) is 18.5 Å². The quantitative estimate of drug-likeness (QED) is 0.234. The Kier molecular flexibility index (Phi) is 10.8. The van der Waals surface area contributed by atoms with Crippen LogP contribution < -0.4 is 5.32 Å². The van der Waals surface area contributed by atoms with Gasteiger partial charge in [0, 0.05) is 18.5 Å². The summed E-state index contributed by atoms with van der Waals surface area (Å²) in [5, 5.41) is 13.4. The summed E-state index contributed by atoms with van der Waals surface area (Å²) in [6, 6.07) is 6.92. The molecule has 3 aliphatic rings. The number of aliphatic hydroxyl groups excluding tert-OH is 1. The Morgan fingerprint density at radius 1 is 1.17 bits per heavy atom. The van der Waals surface area contributed by atoms with E-state index in [-0.39, 0.29) is 43.2 Å². The lowest BCUT2D eigenvalue weighted by atomic mass is 9.70. The molecule has 1 spiro atoms. The highest BCUT2D eigenvalue weighted by molar-refractivity contribution is 5.98. The number of hydrogen-bond donors (Lipinski definition) is 2. The van der Waals surface area contributed by atoms with E-state index < -0.39 is 59.3 Å². The number of nitrogens with one attached hydrogen (secondary N) is 1. The highest BCUT2D eigenvalue weighted by atomic mass is 16.6. The van der Waals surface area contributed by atoms with Crippen LogP contribution in [0.2, 0.25) is 0 Å². The van der Waals surface area contributed by atoms with E-state index in [1.807, 2.05) is 65.0 Å². The average molecular weight is 638 g/mol. The lowest BCUT2D eigenvalue weighted by molar-refractivity contribution is -0.163. The maximum atomic E-state index is 14.6. The number of aliphatic hydroxyl groups is 1. The highest BCUT2D eigenvalue weighted by Crippen LogP contribution is 2.59. The molecule has 1 aromatic rings. The number of ether oxygens (including phenoxy) is 2. The minimum Gasteiger partial charge on any atom is -0.455 e. The first-order chi connectivity index (χ1) is 21.7. The molecule has 3 saturated heterocycles. The first-order valence-electron chi connectivity index (χ1n) is 16.4. The van der Waals surface area contributed by atoms with Gasteiger partial charge in [0.05, 0.1) is 36.6 Å². The van der Waals surface area contributed by atoms with Crippen molar-refractivity contribution in [3.05, 3.63) is 61.2 Å². The number of rotatable bonds is 14. The molecule has 0 radical (unpaired) electrons. The Balaban J connectivity index is 1.72. The van der Waals surface area contributed by atoms with E-state index in [4.69, 9.17) is 9.47 Å². The summed E-state index contributed by atoms with van der Waals surface area (Å²) < 4.78 is 12.8. The largest absolute Gasteiger partial charge is 0.455 e. The molecular weight excluding hydrogens is 586 g/mol. The van der Waals surface area contributed by atoms with E-state index >= 15 is 0 Å². The second-order valence-corrected chi connectivity index (χ2v) is 14.2. The van der Waals surface area contributed by atoms with Crippen LogP contribution in [-0.2, 0) is 28.7 Å². The maximum absolute atomic E-state index is 14.6. The number of carbonyl (C=O) groups excluding carboxylic acids is 4. The topological polar surface area (TPSA) is 125 Å². The number of esters is 1. The second-order valence-electron chi connectivity index (χ2n) is 14.2. The van der Waals surface area contributed by atoms with Crippen molar-refractivity contribution in [1.82, 2.24) is 15.1 Å². The van der Waals surface area contributed by atoms with Crippen LogP contribution in [0.3, 0.4) is 0 Å². The van der Waals surface area contributed by atoms with Gasteiger partial charge in [-0.25, -0.2) is 0 Å². The van der Waals surface area contributed by atoms with Crippen LogP contribution >= 0.6 is 0 Å². The monoisotopic (exact) mass is 637 g/mol. The molecular formula is C36H51N3O7. The number of benzene rings is 1. The van der Waals surface area contributed by atoms with Gasteiger partial charge >= 0.3 is 5.97 Å². The third-order valence-electron chi connectivity index (χ3n) is 9.74. The molecule has 4 rings (SSSR count). The van der Waals surface area contributed by atoms with Crippen LogP contribution in [0.15, 0.2) is 55.6 Å². The fourth-order valence-corrected chi connectivity index (χ4v) is 7.53. The molecule has 46 heavy (non-hydrogen) atoms. The molecule has 0 saturated carbocycles. The molecule has 2 bridgehead atoms. The lowest BCUT2D eigenvalue weighted by Gasteiger charge is -2.44. The van der Waals surface area contributed by atoms with E-state index in [0.717, 1.165) is 0 Å². The number of hydrogen-bond acceptors (Lipinski definition) is 7. The summed E-state index contributed by atoms with van der Waals surface area (Å²) in [6.07, 6.45) is 3.56. The van der Waals surface area contributed by atoms with Gasteiger partial charge in [-0.2, -0.15) is 0 Å². The molecule has 0 aromatic heterocycles. The standard InChI is InChI=1S/C36H51N3O7/c1-9-11-17-27(41)37-23(5)30(24-15-13-12-14-16-24)45-34(44)28-26-18-19-36(46-26)29(28)32(42)39(25(21-40)22(3)4)31(36)33(43)38(20-10-2)35(6,7)8/h9-10,12-16,22-23,25-26,28-31,40H,1-2,11,17-21H2,3-8H3,(H,37,41)/t23-,25-,26+,28-,29-,30-,31+,36-/m0/s1. The molecule has 3 amide bonds. The van der Waals surface area contributed by atoms with Gasteiger partial charge in [-0.1, -0.05) is 56.3 Å². The number of fused-ring (bicyclic) bond motifs is 1. The van der Waals surface area contributed by atoms with Crippen LogP contribution in [0.25, 0.3) is 0 Å². The third kappa shape index (κ3) is 6.51. The van der Waals surface area contributed by atoms with Crippen molar-refractivity contribution in [3.8, 4) is 0 Å². The van der Waals surface area contributed by atoms with Crippen LogP contribution in [0.1, 0.15) is 78.9 Å². The summed E-state index contributed by atoms with van der Waals surface area (Å²) in [5.41, 5.74) is -1.14. The molecule has 2 N–H and O–H groups in total. The van der Waals surface area contributed by atoms with Gasteiger partial charge in [0.2, 0.25) is 17.7 Å². The number of allylic oxidation sites excluding steroid dienone is 1. The summed E-state index contributed by atoms with van der Waals surface area (Å²) in [4.78, 5) is 59.2. The van der Waals surface area contributed by atoms with Gasteiger partial charge in [-0.3, -0.25) is 19.2 Å². The summed E-state index contributed by atoms with van der Waals surface area (Å²) >= 11 is 0. The van der Waals surface area contributed by atoms with Crippen molar-refractivity contribution < 1.29 is 33.8 Å². The second kappa shape index (κ2) is 14.1. The van der Waals surface area contributed by atoms with E-state index in [1.54, 1.807) is 24.0 Å². The fourth-order valence-electron chi connectivity index (χ4n) is 7.53. The van der Waals surface area contributed by atoms with Gasteiger partial charge in [-0.05, 0) is 58.4 Å². The number of likely N-dealkylation sites (tertiary alicyclic amines) is 1. The van der Waals surface area contributed by atoms with E-state index in [9.17, 15) is 24.3 Å². The van der Waals surface area contributed by atoms with Crippen LogP contribution in [0.4, 0.5) is 0 Å². The van der Waals surface area contributed by atoms with Crippen molar-refractivity contribution in [2.24, 2.45) is 17.8 Å². The van der Waals surface area contributed by atoms with Crippen molar-refractivity contribution in [2.75, 3.05) is 13.2 Å². The van der Waals surface area contributed by atoms with E-state index in [1.165, 1.54) is 4.90 Å². The normalized spacial score (nSPS) is 27.1. The first-order valence-corrected chi connectivity index (χ1v) is 16.4. The minimum atomic E-state index is -1.25. The van der Waals surface area contributed by atoms with Gasteiger partial charge < -0.3 is 29.7 Å². The van der Waals surface area contributed by atoms with Crippen molar-refractivity contribution >= 4 is 23.7 Å². The summed E-state index contributed by atoms with van der Waals surface area (Å²) in [6.45, 7) is 18.8. The zero-order valence-electron chi connectivity index (χ0n) is 28.1. The number of amides is 3. The van der Waals surface area contributed by atoms with E-state index in [0.29, 0.717) is 24.8 Å². The Morgan fingerprint density at radius 2 is 1.85 bits per heavy atom. The molecule has 8 atom stereocenters. The van der Waals surface area contributed by atoms with Gasteiger partial charge in [-0.15, -0.1) is 13.2 Å². The maximum Gasteiger partial charge on any atom is 0.313 e. The molecule has 10 heteroatoms. The predicted molar refractivity (Wildman–Crippen MR) is 174 cm³/mol. The van der Waals surface area contributed by atoms with Crippen LogP contribution in [-0.4, -0.2) is 87.1 Å². The highest BCUT2D eigenvalue weighted by Gasteiger charge is 2.76. The molecule has 3 aliphatic heterocycles. The lowest BCUT2D eigenvalue weighted by Crippen LogP contribution is -2.62. The minimum absolute atomic E-state index is 0.169. The van der Waals surface area contributed by atoms with Crippen molar-refractivity contribution in [1.29, 1.82) is 0 Å². The van der Waals surface area contributed by atoms with Crippen LogP contribution in [0.5, 0.6) is 0 Å². The SMILES string of the molecule is C=CCCC(=O)N[C@@H](C)[C@H](OC(=O)[C@@H]1[C@H]2C(=O)N([C@@H](CO)C(C)C)[C@H](C(=O)N(CC=C)C(C)(C)C)[C@]23CC[C@H]1O3)c1ccccc1. The van der Waals surface area contributed by atoms with Crippen molar-refractivity contribution in [3.63, 3.8) is 0 Å². The number of carbonyl (C=O) groups is 4. The summed E-state index contributed by atoms with van der Waals surface area (Å²) in [5.74, 6) is -3.56. The molecule has 3 heterocycles. The van der Waals surface area contributed by atoms with Gasteiger partial charge in [0.15, 0.2) is 0 Å². The molecule has 3 fully saturated rings. The van der Waals surface area contributed by atoms with Crippen molar-refractivity contribution in [2.45, 2.75) is 109 Å². The molecule has 1 aromatic carbocycles. The van der Waals surface area contributed by atoms with Crippen LogP contribution in [0, 0.1) is 17.8 Å².